The SMILES string of the molecule is CCOC(=O)CS(=O)(=O)Nc1cccc(F)c1I. The molecule has 8 heteroatoms. The van der Waals surface area contributed by atoms with Gasteiger partial charge in [0.05, 0.1) is 15.9 Å². The first-order chi connectivity index (χ1) is 8.35. The first-order valence-electron chi connectivity index (χ1n) is 4.96. The van der Waals surface area contributed by atoms with Gasteiger partial charge in [-0.05, 0) is 41.6 Å². The van der Waals surface area contributed by atoms with Gasteiger partial charge in [0.1, 0.15) is 5.82 Å². The summed E-state index contributed by atoms with van der Waals surface area (Å²) in [6.45, 7) is 1.68. The predicted octanol–water partition coefficient (Wildman–Crippen LogP) is 1.74. The number of esters is 1. The molecular formula is C10H11FINO4S. The molecule has 100 valence electrons. The summed E-state index contributed by atoms with van der Waals surface area (Å²) in [5.74, 6) is -2.18. The molecule has 0 atom stereocenters. The largest absolute Gasteiger partial charge is 0.465 e. The van der Waals surface area contributed by atoms with Crippen LogP contribution in [0.5, 0.6) is 0 Å². The lowest BCUT2D eigenvalue weighted by Gasteiger charge is -2.09. The lowest BCUT2D eigenvalue weighted by atomic mass is 10.3. The molecule has 1 aromatic carbocycles. The second kappa shape index (κ2) is 6.32. The Morgan fingerprint density at radius 2 is 2.17 bits per heavy atom. The molecule has 0 heterocycles. The summed E-state index contributed by atoms with van der Waals surface area (Å²) < 4.78 is 43.2. The summed E-state index contributed by atoms with van der Waals surface area (Å²) in [6.07, 6.45) is 0. The fourth-order valence-corrected chi connectivity index (χ4v) is 2.79. The van der Waals surface area contributed by atoms with Gasteiger partial charge in [-0.25, -0.2) is 12.8 Å². The highest BCUT2D eigenvalue weighted by Crippen LogP contribution is 2.21. The van der Waals surface area contributed by atoms with Gasteiger partial charge in [-0.2, -0.15) is 0 Å². The zero-order valence-electron chi connectivity index (χ0n) is 9.44. The van der Waals surface area contributed by atoms with Crippen molar-refractivity contribution in [2.75, 3.05) is 17.1 Å². The summed E-state index contributed by atoms with van der Waals surface area (Å²) in [5, 5.41) is 0. The molecule has 0 aliphatic rings. The van der Waals surface area contributed by atoms with Crippen LogP contribution in [0.3, 0.4) is 0 Å². The van der Waals surface area contributed by atoms with Crippen molar-refractivity contribution in [3.05, 3.63) is 27.6 Å². The highest BCUT2D eigenvalue weighted by atomic mass is 127. The Hall–Kier alpha value is -0.900. The Labute approximate surface area is 118 Å². The van der Waals surface area contributed by atoms with Crippen LogP contribution in [0.25, 0.3) is 0 Å². The van der Waals surface area contributed by atoms with Crippen LogP contribution in [-0.2, 0) is 19.6 Å². The van der Waals surface area contributed by atoms with Crippen molar-refractivity contribution in [2.45, 2.75) is 6.92 Å². The van der Waals surface area contributed by atoms with E-state index in [0.717, 1.165) is 0 Å². The highest BCUT2D eigenvalue weighted by Gasteiger charge is 2.19. The first kappa shape index (κ1) is 15.2. The number of sulfonamides is 1. The third kappa shape index (κ3) is 4.41. The number of hydrogen-bond donors (Lipinski definition) is 1. The van der Waals surface area contributed by atoms with Gasteiger partial charge in [0.2, 0.25) is 10.0 Å². The maximum absolute atomic E-state index is 13.2. The zero-order valence-corrected chi connectivity index (χ0v) is 12.4. The summed E-state index contributed by atoms with van der Waals surface area (Å²) in [6, 6.07) is 4.00. The van der Waals surface area contributed by atoms with Crippen molar-refractivity contribution < 1.29 is 22.3 Å². The smallest absolute Gasteiger partial charge is 0.323 e. The normalized spacial score (nSPS) is 11.1. The van der Waals surface area contributed by atoms with E-state index in [-0.39, 0.29) is 15.9 Å². The molecule has 0 saturated heterocycles. The number of ether oxygens (including phenoxy) is 1. The molecule has 0 amide bonds. The van der Waals surface area contributed by atoms with Crippen LogP contribution in [0.2, 0.25) is 0 Å². The molecule has 1 aromatic rings. The van der Waals surface area contributed by atoms with Crippen LogP contribution in [0.4, 0.5) is 10.1 Å². The second-order valence-electron chi connectivity index (χ2n) is 3.27. The molecular weight excluding hydrogens is 376 g/mol. The molecule has 0 bridgehead atoms. The van der Waals surface area contributed by atoms with Gasteiger partial charge in [-0.1, -0.05) is 6.07 Å². The fraction of sp³-hybridized carbons (Fsp3) is 0.300. The van der Waals surface area contributed by atoms with Gasteiger partial charge in [-0.3, -0.25) is 9.52 Å². The quantitative estimate of drug-likeness (QED) is 0.617. The zero-order chi connectivity index (χ0) is 13.8. The minimum absolute atomic E-state index is 0.0971. The summed E-state index contributed by atoms with van der Waals surface area (Å²) in [5.41, 5.74) is 0.0971. The van der Waals surface area contributed by atoms with Crippen LogP contribution >= 0.6 is 22.6 Å². The van der Waals surface area contributed by atoms with Crippen LogP contribution in [-0.4, -0.2) is 26.7 Å². The number of hydrogen-bond acceptors (Lipinski definition) is 4. The Balaban J connectivity index is 2.83. The topological polar surface area (TPSA) is 72.5 Å². The van der Waals surface area contributed by atoms with Crippen LogP contribution in [0, 0.1) is 9.39 Å². The third-order valence-electron chi connectivity index (χ3n) is 1.83. The lowest BCUT2D eigenvalue weighted by Crippen LogP contribution is -2.24. The molecule has 0 aromatic heterocycles. The summed E-state index contributed by atoms with van der Waals surface area (Å²) in [4.78, 5) is 11.1. The van der Waals surface area contributed by atoms with Crippen molar-refractivity contribution in [3.63, 3.8) is 0 Å². The van der Waals surface area contributed by atoms with E-state index in [1.807, 2.05) is 0 Å². The van der Waals surface area contributed by atoms with Crippen LogP contribution < -0.4 is 4.72 Å². The molecule has 0 saturated carbocycles. The average Bonchev–Trinajstić information content (AvgIpc) is 2.24. The third-order valence-corrected chi connectivity index (χ3v) is 4.07. The van der Waals surface area contributed by atoms with E-state index < -0.39 is 27.6 Å². The van der Waals surface area contributed by atoms with E-state index in [1.165, 1.54) is 18.2 Å². The van der Waals surface area contributed by atoms with Crippen molar-refractivity contribution in [1.82, 2.24) is 0 Å². The second-order valence-corrected chi connectivity index (χ2v) is 6.07. The number of carbonyl (C=O) groups is 1. The number of carbonyl (C=O) groups excluding carboxylic acids is 1. The number of nitrogens with one attached hydrogen (secondary N) is 1. The molecule has 0 unspecified atom stereocenters. The Bertz CT molecular complexity index is 547. The number of anilines is 1. The van der Waals surface area contributed by atoms with Gasteiger partial charge in [0.25, 0.3) is 0 Å². The monoisotopic (exact) mass is 387 g/mol. The molecule has 0 aliphatic heterocycles. The Morgan fingerprint density at radius 3 is 2.78 bits per heavy atom. The van der Waals surface area contributed by atoms with Gasteiger partial charge in [0, 0.05) is 0 Å². The van der Waals surface area contributed by atoms with E-state index in [2.05, 4.69) is 9.46 Å². The van der Waals surface area contributed by atoms with E-state index >= 15 is 0 Å². The van der Waals surface area contributed by atoms with E-state index in [9.17, 15) is 17.6 Å². The van der Waals surface area contributed by atoms with Crippen LogP contribution in [0.1, 0.15) is 6.92 Å². The van der Waals surface area contributed by atoms with E-state index in [4.69, 9.17) is 0 Å². The van der Waals surface area contributed by atoms with E-state index in [1.54, 1.807) is 29.5 Å². The number of halogens is 2. The Morgan fingerprint density at radius 1 is 1.50 bits per heavy atom. The minimum Gasteiger partial charge on any atom is -0.465 e. The highest BCUT2D eigenvalue weighted by molar-refractivity contribution is 14.1. The lowest BCUT2D eigenvalue weighted by molar-refractivity contribution is -0.139. The van der Waals surface area contributed by atoms with E-state index in [0.29, 0.717) is 0 Å². The molecule has 5 nitrogen and oxygen atoms in total. The molecule has 0 aliphatic carbocycles. The van der Waals surface area contributed by atoms with Gasteiger partial charge in [0.15, 0.2) is 5.75 Å². The number of rotatable bonds is 5. The molecule has 0 spiro atoms. The average molecular weight is 387 g/mol. The van der Waals surface area contributed by atoms with Crippen molar-refractivity contribution >= 4 is 44.3 Å². The van der Waals surface area contributed by atoms with Crippen molar-refractivity contribution in [1.29, 1.82) is 0 Å². The first-order valence-corrected chi connectivity index (χ1v) is 7.69. The standard InChI is InChI=1S/C10H11FINO4S/c1-2-17-9(14)6-18(15,16)13-8-5-3-4-7(11)10(8)12/h3-5,13H,2,6H2,1H3. The molecule has 18 heavy (non-hydrogen) atoms. The van der Waals surface area contributed by atoms with Crippen molar-refractivity contribution in [3.8, 4) is 0 Å². The maximum Gasteiger partial charge on any atom is 0.323 e. The van der Waals surface area contributed by atoms with Gasteiger partial charge >= 0.3 is 5.97 Å². The van der Waals surface area contributed by atoms with Crippen molar-refractivity contribution in [2.24, 2.45) is 0 Å². The number of benzene rings is 1. The van der Waals surface area contributed by atoms with Gasteiger partial charge in [-0.15, -0.1) is 0 Å². The summed E-state index contributed by atoms with van der Waals surface area (Å²) in [7, 11) is -3.89. The minimum atomic E-state index is -3.89. The maximum atomic E-state index is 13.2. The summed E-state index contributed by atoms with van der Waals surface area (Å²) >= 11 is 1.68. The van der Waals surface area contributed by atoms with Crippen LogP contribution in [0.15, 0.2) is 18.2 Å². The fourth-order valence-electron chi connectivity index (χ4n) is 1.14. The Kier molecular flexibility index (Phi) is 5.32. The van der Waals surface area contributed by atoms with Gasteiger partial charge < -0.3 is 4.74 Å². The molecule has 0 radical (unpaired) electrons. The predicted molar refractivity (Wildman–Crippen MR) is 73.2 cm³/mol. The molecule has 1 N–H and O–H groups in total. The molecule has 0 fully saturated rings. The molecule has 1 rings (SSSR count).